The van der Waals surface area contributed by atoms with Crippen molar-refractivity contribution in [3.05, 3.63) is 0 Å². The van der Waals surface area contributed by atoms with Crippen molar-refractivity contribution in [2.75, 3.05) is 0 Å². The van der Waals surface area contributed by atoms with Crippen LogP contribution in [-0.2, 0) is 0 Å². The molecule has 2 rings (SSSR count). The van der Waals surface area contributed by atoms with Gasteiger partial charge in [0, 0.05) is 0 Å². The van der Waals surface area contributed by atoms with Gasteiger partial charge >= 0.3 is 0 Å². The molecule has 0 aromatic heterocycles. The highest BCUT2D eigenvalue weighted by Gasteiger charge is 2.36. The zero-order chi connectivity index (χ0) is 12.3. The van der Waals surface area contributed by atoms with Gasteiger partial charge in [-0.1, -0.05) is 46.0 Å². The van der Waals surface area contributed by atoms with Gasteiger partial charge in [0.1, 0.15) is 0 Å². The van der Waals surface area contributed by atoms with Gasteiger partial charge in [0.05, 0.1) is 6.10 Å². The molecule has 100 valence electrons. The van der Waals surface area contributed by atoms with Crippen molar-refractivity contribution >= 4 is 0 Å². The van der Waals surface area contributed by atoms with Gasteiger partial charge in [0.25, 0.3) is 0 Å². The highest BCUT2D eigenvalue weighted by Crippen LogP contribution is 2.43. The largest absolute Gasteiger partial charge is 0.393 e. The standard InChI is InChI=1S/C16H30O/c1-3-12-6-5-7-14(10-12)15-11-13(4-2)8-9-16(15)17/h12-17H,3-11H2,1-2H3. The number of hydrogen-bond acceptors (Lipinski definition) is 1. The number of hydrogen-bond donors (Lipinski definition) is 1. The van der Waals surface area contributed by atoms with Gasteiger partial charge in [-0.15, -0.1) is 0 Å². The molecule has 0 aromatic carbocycles. The van der Waals surface area contributed by atoms with Crippen molar-refractivity contribution in [2.45, 2.75) is 77.7 Å². The van der Waals surface area contributed by atoms with E-state index >= 15 is 0 Å². The molecule has 1 nitrogen and oxygen atoms in total. The smallest absolute Gasteiger partial charge is 0.0571 e. The monoisotopic (exact) mass is 238 g/mol. The molecule has 5 atom stereocenters. The van der Waals surface area contributed by atoms with E-state index in [4.69, 9.17) is 0 Å². The minimum Gasteiger partial charge on any atom is -0.393 e. The fraction of sp³-hybridized carbons (Fsp3) is 1.00. The Kier molecular flexibility index (Phi) is 4.90. The summed E-state index contributed by atoms with van der Waals surface area (Å²) in [4.78, 5) is 0. The molecule has 0 saturated heterocycles. The maximum atomic E-state index is 10.3. The maximum Gasteiger partial charge on any atom is 0.0571 e. The summed E-state index contributed by atoms with van der Waals surface area (Å²) in [6.07, 6.45) is 11.9. The Hall–Kier alpha value is -0.0400. The molecule has 17 heavy (non-hydrogen) atoms. The Bertz CT molecular complexity index is 226. The van der Waals surface area contributed by atoms with Crippen LogP contribution in [0, 0.1) is 23.7 Å². The average molecular weight is 238 g/mol. The van der Waals surface area contributed by atoms with E-state index in [2.05, 4.69) is 13.8 Å². The van der Waals surface area contributed by atoms with E-state index in [1.807, 2.05) is 0 Å². The number of aliphatic hydroxyl groups excluding tert-OH is 1. The molecule has 0 aliphatic heterocycles. The molecule has 2 fully saturated rings. The van der Waals surface area contributed by atoms with E-state index in [0.717, 1.165) is 24.2 Å². The third kappa shape index (κ3) is 3.24. The highest BCUT2D eigenvalue weighted by atomic mass is 16.3. The zero-order valence-corrected chi connectivity index (χ0v) is 11.7. The highest BCUT2D eigenvalue weighted by molar-refractivity contribution is 4.86. The molecule has 0 bridgehead atoms. The van der Waals surface area contributed by atoms with Crippen LogP contribution in [0.1, 0.15) is 71.6 Å². The second-order valence-electron chi connectivity index (χ2n) is 6.52. The van der Waals surface area contributed by atoms with Crippen LogP contribution in [0.4, 0.5) is 0 Å². The molecule has 2 aliphatic carbocycles. The van der Waals surface area contributed by atoms with Gasteiger partial charge in [-0.05, 0) is 49.4 Å². The quantitative estimate of drug-likeness (QED) is 0.773. The van der Waals surface area contributed by atoms with Gasteiger partial charge in [-0.25, -0.2) is 0 Å². The van der Waals surface area contributed by atoms with E-state index in [-0.39, 0.29) is 6.10 Å². The Morgan fingerprint density at radius 1 is 0.882 bits per heavy atom. The van der Waals surface area contributed by atoms with Gasteiger partial charge < -0.3 is 5.11 Å². The Morgan fingerprint density at radius 2 is 1.59 bits per heavy atom. The molecular weight excluding hydrogens is 208 g/mol. The van der Waals surface area contributed by atoms with Crippen LogP contribution in [0.2, 0.25) is 0 Å². The topological polar surface area (TPSA) is 20.2 Å². The van der Waals surface area contributed by atoms with Gasteiger partial charge in [0.15, 0.2) is 0 Å². The Labute approximate surface area is 107 Å². The molecule has 2 aliphatic rings. The summed E-state index contributed by atoms with van der Waals surface area (Å²) < 4.78 is 0. The second-order valence-corrected chi connectivity index (χ2v) is 6.52. The summed E-state index contributed by atoms with van der Waals surface area (Å²) in [6.45, 7) is 4.65. The van der Waals surface area contributed by atoms with Crippen LogP contribution in [0.5, 0.6) is 0 Å². The van der Waals surface area contributed by atoms with Crippen LogP contribution in [0.25, 0.3) is 0 Å². The fourth-order valence-electron chi connectivity index (χ4n) is 4.25. The molecular formula is C16H30O. The van der Waals surface area contributed by atoms with Crippen LogP contribution in [-0.4, -0.2) is 11.2 Å². The second kappa shape index (κ2) is 6.22. The third-order valence-electron chi connectivity index (χ3n) is 5.55. The van der Waals surface area contributed by atoms with Crippen molar-refractivity contribution in [1.29, 1.82) is 0 Å². The minimum absolute atomic E-state index is 0.0124. The van der Waals surface area contributed by atoms with Crippen LogP contribution in [0.15, 0.2) is 0 Å². The van der Waals surface area contributed by atoms with Crippen LogP contribution < -0.4 is 0 Å². The lowest BCUT2D eigenvalue weighted by Crippen LogP contribution is -2.36. The lowest BCUT2D eigenvalue weighted by molar-refractivity contribution is -0.000620. The van der Waals surface area contributed by atoms with Crippen molar-refractivity contribution < 1.29 is 5.11 Å². The van der Waals surface area contributed by atoms with E-state index in [1.54, 1.807) is 0 Å². The zero-order valence-electron chi connectivity index (χ0n) is 11.7. The Morgan fingerprint density at radius 3 is 2.29 bits per heavy atom. The first-order chi connectivity index (χ1) is 8.24. The van der Waals surface area contributed by atoms with Crippen molar-refractivity contribution in [3.8, 4) is 0 Å². The molecule has 1 N–H and O–H groups in total. The lowest BCUT2D eigenvalue weighted by atomic mass is 9.66. The first kappa shape index (κ1) is 13.4. The van der Waals surface area contributed by atoms with Crippen molar-refractivity contribution in [2.24, 2.45) is 23.7 Å². The molecule has 0 radical (unpaired) electrons. The van der Waals surface area contributed by atoms with E-state index in [9.17, 15) is 5.11 Å². The predicted molar refractivity (Wildman–Crippen MR) is 72.9 cm³/mol. The molecule has 2 saturated carbocycles. The van der Waals surface area contributed by atoms with Crippen molar-refractivity contribution in [1.82, 2.24) is 0 Å². The molecule has 5 unspecified atom stereocenters. The van der Waals surface area contributed by atoms with Gasteiger partial charge in [-0.3, -0.25) is 0 Å². The normalized spacial score (nSPS) is 43.6. The first-order valence-electron chi connectivity index (χ1n) is 7.92. The lowest BCUT2D eigenvalue weighted by Gasteiger charge is -2.41. The van der Waals surface area contributed by atoms with Crippen LogP contribution >= 0.6 is 0 Å². The fourth-order valence-corrected chi connectivity index (χ4v) is 4.25. The molecule has 0 spiro atoms. The summed E-state index contributed by atoms with van der Waals surface area (Å²) in [5.41, 5.74) is 0. The predicted octanol–water partition coefficient (Wildman–Crippen LogP) is 4.39. The summed E-state index contributed by atoms with van der Waals surface area (Å²) >= 11 is 0. The van der Waals surface area contributed by atoms with Crippen LogP contribution in [0.3, 0.4) is 0 Å². The average Bonchev–Trinajstić information content (AvgIpc) is 2.39. The van der Waals surface area contributed by atoms with Gasteiger partial charge in [0.2, 0.25) is 0 Å². The SMILES string of the molecule is CCC1CCCC(C2CC(CC)CCC2O)C1. The summed E-state index contributed by atoms with van der Waals surface area (Å²) in [5.74, 6) is 3.30. The summed E-state index contributed by atoms with van der Waals surface area (Å²) in [7, 11) is 0. The molecule has 0 amide bonds. The third-order valence-corrected chi connectivity index (χ3v) is 5.55. The Balaban J connectivity index is 1.94. The van der Waals surface area contributed by atoms with E-state index in [0.29, 0.717) is 5.92 Å². The summed E-state index contributed by atoms with van der Waals surface area (Å²) in [6, 6.07) is 0. The minimum atomic E-state index is 0.0124. The van der Waals surface area contributed by atoms with E-state index in [1.165, 1.54) is 51.4 Å². The first-order valence-corrected chi connectivity index (χ1v) is 7.92. The van der Waals surface area contributed by atoms with Gasteiger partial charge in [-0.2, -0.15) is 0 Å². The molecule has 0 aromatic rings. The molecule has 1 heteroatoms. The van der Waals surface area contributed by atoms with Crippen molar-refractivity contribution in [3.63, 3.8) is 0 Å². The number of rotatable bonds is 3. The number of aliphatic hydroxyl groups is 1. The van der Waals surface area contributed by atoms with E-state index < -0.39 is 0 Å². The molecule has 0 heterocycles. The maximum absolute atomic E-state index is 10.3. The summed E-state index contributed by atoms with van der Waals surface area (Å²) in [5, 5.41) is 10.3.